The molecule has 96 valence electrons. The van der Waals surface area contributed by atoms with Crippen LogP contribution in [0.25, 0.3) is 0 Å². The van der Waals surface area contributed by atoms with Gasteiger partial charge in [0.15, 0.2) is 0 Å². The fraction of sp³-hybridized carbons (Fsp3) is 0.200. The Hall–Kier alpha value is -2.25. The molecule has 5 nitrogen and oxygen atoms in total. The number of hydrogen-bond acceptors (Lipinski definition) is 3. The normalized spacial score (nSPS) is 19.4. The van der Waals surface area contributed by atoms with Gasteiger partial charge in [0.05, 0.1) is 0 Å². The van der Waals surface area contributed by atoms with Gasteiger partial charge in [0.25, 0.3) is 5.91 Å². The molecule has 1 aliphatic rings. The summed E-state index contributed by atoms with van der Waals surface area (Å²) in [4.78, 5) is 22.2. The summed E-state index contributed by atoms with van der Waals surface area (Å²) < 4.78 is 39.4. The molecule has 8 heteroatoms. The molecule has 1 fully saturated rings. The van der Waals surface area contributed by atoms with E-state index >= 15 is 0 Å². The lowest BCUT2D eigenvalue weighted by molar-refractivity contribution is -0.274. The van der Waals surface area contributed by atoms with Crippen LogP contribution in [0, 0.1) is 0 Å². The lowest BCUT2D eigenvalue weighted by Crippen LogP contribution is -2.22. The third-order valence-corrected chi connectivity index (χ3v) is 2.22. The van der Waals surface area contributed by atoms with Crippen molar-refractivity contribution < 1.29 is 27.5 Å². The third kappa shape index (κ3) is 2.70. The van der Waals surface area contributed by atoms with Gasteiger partial charge in [-0.1, -0.05) is 12.1 Å². The second kappa shape index (κ2) is 4.21. The number of alkyl halides is 3. The molecule has 2 rings (SSSR count). The van der Waals surface area contributed by atoms with Crippen molar-refractivity contribution in [1.29, 1.82) is 0 Å². The van der Waals surface area contributed by atoms with Crippen molar-refractivity contribution in [3.63, 3.8) is 0 Å². The van der Waals surface area contributed by atoms with E-state index in [0.29, 0.717) is 5.56 Å². The summed E-state index contributed by atoms with van der Waals surface area (Å²) in [6, 6.07) is 3.16. The predicted molar refractivity (Wildman–Crippen MR) is 52.5 cm³/mol. The summed E-state index contributed by atoms with van der Waals surface area (Å²) in [6.45, 7) is 0. The second-order valence-electron chi connectivity index (χ2n) is 3.51. The standard InChI is InChI=1S/C10H7F3N2O3/c11-10(12,13)18-6-3-1-5(2-4-6)7-8(16)15-9(17)14-7/h1-4,7H,(H2,14,15,16,17). The molecule has 1 saturated heterocycles. The van der Waals surface area contributed by atoms with Crippen molar-refractivity contribution in [1.82, 2.24) is 10.6 Å². The quantitative estimate of drug-likeness (QED) is 0.791. The van der Waals surface area contributed by atoms with Gasteiger partial charge in [-0.3, -0.25) is 10.1 Å². The van der Waals surface area contributed by atoms with Gasteiger partial charge in [-0.2, -0.15) is 0 Å². The van der Waals surface area contributed by atoms with E-state index in [4.69, 9.17) is 0 Å². The van der Waals surface area contributed by atoms with Crippen LogP contribution in [0.15, 0.2) is 24.3 Å². The Bertz CT molecular complexity index is 484. The molecule has 1 unspecified atom stereocenters. The SMILES string of the molecule is O=C1NC(=O)C(c2ccc(OC(F)(F)F)cc2)N1. The van der Waals surface area contributed by atoms with E-state index in [9.17, 15) is 22.8 Å². The van der Waals surface area contributed by atoms with Crippen LogP contribution in [0.3, 0.4) is 0 Å². The number of rotatable bonds is 2. The minimum absolute atomic E-state index is 0.368. The van der Waals surface area contributed by atoms with Crippen molar-refractivity contribution in [2.24, 2.45) is 0 Å². The topological polar surface area (TPSA) is 67.4 Å². The van der Waals surface area contributed by atoms with Crippen LogP contribution in [0.2, 0.25) is 0 Å². The zero-order valence-corrected chi connectivity index (χ0v) is 8.75. The summed E-state index contributed by atoms with van der Waals surface area (Å²) in [7, 11) is 0. The number of carbonyl (C=O) groups excluding carboxylic acids is 2. The van der Waals surface area contributed by atoms with Gasteiger partial charge < -0.3 is 10.1 Å². The third-order valence-electron chi connectivity index (χ3n) is 2.22. The number of benzene rings is 1. The molecule has 1 aromatic carbocycles. The zero-order chi connectivity index (χ0) is 13.3. The van der Waals surface area contributed by atoms with Crippen molar-refractivity contribution in [3.8, 4) is 5.75 Å². The highest BCUT2D eigenvalue weighted by Gasteiger charge is 2.32. The predicted octanol–water partition coefficient (Wildman–Crippen LogP) is 1.47. The number of hydrogen-bond donors (Lipinski definition) is 2. The van der Waals surface area contributed by atoms with Crippen LogP contribution in [0.5, 0.6) is 5.75 Å². The maximum Gasteiger partial charge on any atom is 0.573 e. The average molecular weight is 260 g/mol. The molecule has 0 bridgehead atoms. The van der Waals surface area contributed by atoms with Gasteiger partial charge in [-0.05, 0) is 17.7 Å². The summed E-state index contributed by atoms with van der Waals surface area (Å²) in [5, 5.41) is 4.34. The largest absolute Gasteiger partial charge is 0.573 e. The van der Waals surface area contributed by atoms with Gasteiger partial charge in [-0.25, -0.2) is 4.79 Å². The van der Waals surface area contributed by atoms with Crippen molar-refractivity contribution in [3.05, 3.63) is 29.8 Å². The van der Waals surface area contributed by atoms with E-state index in [1.807, 2.05) is 5.32 Å². The van der Waals surface area contributed by atoms with Gasteiger partial charge in [0, 0.05) is 0 Å². The average Bonchev–Trinajstić information content (AvgIpc) is 2.57. The van der Waals surface area contributed by atoms with Crippen LogP contribution in [-0.4, -0.2) is 18.3 Å². The number of halogens is 3. The van der Waals surface area contributed by atoms with Crippen LogP contribution >= 0.6 is 0 Å². The number of ether oxygens (including phenoxy) is 1. The highest BCUT2D eigenvalue weighted by Crippen LogP contribution is 2.25. The Kier molecular flexibility index (Phi) is 2.85. The van der Waals surface area contributed by atoms with Crippen LogP contribution in [-0.2, 0) is 4.79 Å². The number of urea groups is 1. The van der Waals surface area contributed by atoms with Crippen molar-refractivity contribution >= 4 is 11.9 Å². The molecule has 3 amide bonds. The summed E-state index contributed by atoms with van der Waals surface area (Å²) in [5.74, 6) is -0.944. The fourth-order valence-electron chi connectivity index (χ4n) is 1.51. The molecule has 1 atom stereocenters. The second-order valence-corrected chi connectivity index (χ2v) is 3.51. The highest BCUT2D eigenvalue weighted by molar-refractivity contribution is 6.04. The Labute approximate surface area is 98.9 Å². The molecule has 0 aromatic heterocycles. The molecule has 0 saturated carbocycles. The lowest BCUT2D eigenvalue weighted by atomic mass is 10.1. The summed E-state index contributed by atoms with van der Waals surface area (Å²) in [5.41, 5.74) is 0.368. The van der Waals surface area contributed by atoms with E-state index < -0.39 is 30.1 Å². The fourth-order valence-corrected chi connectivity index (χ4v) is 1.51. The number of imide groups is 1. The summed E-state index contributed by atoms with van der Waals surface area (Å²) in [6.07, 6.45) is -4.76. The van der Waals surface area contributed by atoms with Crippen LogP contribution in [0.4, 0.5) is 18.0 Å². The van der Waals surface area contributed by atoms with Gasteiger partial charge in [-0.15, -0.1) is 13.2 Å². The molecule has 1 heterocycles. The van der Waals surface area contributed by atoms with E-state index in [-0.39, 0.29) is 0 Å². The minimum atomic E-state index is -4.76. The Morgan fingerprint density at radius 2 is 1.72 bits per heavy atom. The minimum Gasteiger partial charge on any atom is -0.406 e. The van der Waals surface area contributed by atoms with E-state index in [0.717, 1.165) is 12.1 Å². The molecule has 1 aromatic rings. The van der Waals surface area contributed by atoms with Gasteiger partial charge >= 0.3 is 12.4 Å². The maximum atomic E-state index is 11.9. The molecule has 0 aliphatic carbocycles. The smallest absolute Gasteiger partial charge is 0.406 e. The molecule has 0 radical (unpaired) electrons. The number of nitrogens with one attached hydrogen (secondary N) is 2. The van der Waals surface area contributed by atoms with E-state index in [1.54, 1.807) is 0 Å². The first kappa shape index (κ1) is 12.2. The molecule has 0 spiro atoms. The number of carbonyl (C=O) groups is 2. The Morgan fingerprint density at radius 1 is 1.11 bits per heavy atom. The van der Waals surface area contributed by atoms with Gasteiger partial charge in [0.2, 0.25) is 0 Å². The van der Waals surface area contributed by atoms with E-state index in [2.05, 4.69) is 10.1 Å². The number of amides is 3. The Morgan fingerprint density at radius 3 is 2.17 bits per heavy atom. The molecule has 1 aliphatic heterocycles. The first-order chi connectivity index (χ1) is 8.35. The lowest BCUT2D eigenvalue weighted by Gasteiger charge is -2.11. The van der Waals surface area contributed by atoms with Crippen molar-refractivity contribution in [2.45, 2.75) is 12.4 Å². The first-order valence-electron chi connectivity index (χ1n) is 4.82. The molecule has 2 N–H and O–H groups in total. The highest BCUT2D eigenvalue weighted by atomic mass is 19.4. The van der Waals surface area contributed by atoms with Crippen LogP contribution < -0.4 is 15.4 Å². The van der Waals surface area contributed by atoms with Crippen LogP contribution in [0.1, 0.15) is 11.6 Å². The van der Waals surface area contributed by atoms with E-state index in [1.165, 1.54) is 12.1 Å². The molecular formula is C10H7F3N2O3. The maximum absolute atomic E-state index is 11.9. The molecular weight excluding hydrogens is 253 g/mol. The first-order valence-corrected chi connectivity index (χ1v) is 4.82. The van der Waals surface area contributed by atoms with Gasteiger partial charge in [0.1, 0.15) is 11.8 Å². The van der Waals surface area contributed by atoms with Crippen molar-refractivity contribution in [2.75, 3.05) is 0 Å². The monoisotopic (exact) mass is 260 g/mol. The summed E-state index contributed by atoms with van der Waals surface area (Å²) >= 11 is 0. The molecule has 18 heavy (non-hydrogen) atoms. The zero-order valence-electron chi connectivity index (χ0n) is 8.75. The Balaban J connectivity index is 2.13.